The highest BCUT2D eigenvalue weighted by Crippen LogP contribution is 2.24. The molecule has 1 rings (SSSR count). The molecule has 0 heterocycles. The first kappa shape index (κ1) is 15.2. The van der Waals surface area contributed by atoms with Crippen LogP contribution in [0, 0.1) is 13.8 Å². The lowest BCUT2D eigenvalue weighted by molar-refractivity contribution is 0.480. The van der Waals surface area contributed by atoms with E-state index in [1.54, 1.807) is 0 Å². The largest absolute Gasteiger partial charge is 0.310 e. The second kappa shape index (κ2) is 8.31. The number of hydrogen-bond acceptors (Lipinski definition) is 1. The average Bonchev–Trinajstić information content (AvgIpc) is 2.34. The number of aryl methyl sites for hydroxylation is 2. The Hall–Kier alpha value is -0.820. The molecule has 0 spiro atoms. The lowest BCUT2D eigenvalue weighted by Crippen LogP contribution is -2.21. The summed E-state index contributed by atoms with van der Waals surface area (Å²) >= 11 is 0. The molecule has 0 aliphatic rings. The van der Waals surface area contributed by atoms with E-state index >= 15 is 0 Å². The Kier molecular flexibility index (Phi) is 7.04. The van der Waals surface area contributed by atoms with E-state index in [0.29, 0.717) is 6.04 Å². The molecule has 1 nitrogen and oxygen atoms in total. The van der Waals surface area contributed by atoms with Crippen molar-refractivity contribution >= 4 is 0 Å². The second-order valence-electron chi connectivity index (χ2n) is 5.32. The summed E-state index contributed by atoms with van der Waals surface area (Å²) in [4.78, 5) is 0. The van der Waals surface area contributed by atoms with Crippen molar-refractivity contribution < 1.29 is 0 Å². The van der Waals surface area contributed by atoms with Crippen LogP contribution in [-0.4, -0.2) is 6.54 Å². The minimum Gasteiger partial charge on any atom is -0.310 e. The molecule has 0 aromatic heterocycles. The zero-order chi connectivity index (χ0) is 13.4. The first-order valence-electron chi connectivity index (χ1n) is 7.49. The summed E-state index contributed by atoms with van der Waals surface area (Å²) in [5.74, 6) is 0. The van der Waals surface area contributed by atoms with E-state index in [9.17, 15) is 0 Å². The second-order valence-corrected chi connectivity index (χ2v) is 5.32. The first-order valence-corrected chi connectivity index (χ1v) is 7.49. The van der Waals surface area contributed by atoms with Gasteiger partial charge in [-0.2, -0.15) is 0 Å². The van der Waals surface area contributed by atoms with Gasteiger partial charge in [0.1, 0.15) is 0 Å². The van der Waals surface area contributed by atoms with Gasteiger partial charge in [-0.3, -0.25) is 0 Å². The molecule has 102 valence electrons. The topological polar surface area (TPSA) is 12.0 Å². The SMILES string of the molecule is CCCCCCC(NCC)c1ccc(C)cc1C. The van der Waals surface area contributed by atoms with Gasteiger partial charge in [0, 0.05) is 6.04 Å². The van der Waals surface area contributed by atoms with Gasteiger partial charge in [0.15, 0.2) is 0 Å². The molecule has 1 N–H and O–H groups in total. The zero-order valence-electron chi connectivity index (χ0n) is 12.6. The third-order valence-electron chi connectivity index (χ3n) is 3.60. The van der Waals surface area contributed by atoms with Gasteiger partial charge >= 0.3 is 0 Å². The molecule has 1 unspecified atom stereocenters. The van der Waals surface area contributed by atoms with Crippen LogP contribution in [-0.2, 0) is 0 Å². The fourth-order valence-electron chi connectivity index (χ4n) is 2.61. The van der Waals surface area contributed by atoms with Gasteiger partial charge in [0.2, 0.25) is 0 Å². The van der Waals surface area contributed by atoms with Crippen LogP contribution < -0.4 is 5.32 Å². The number of unbranched alkanes of at least 4 members (excludes halogenated alkanes) is 3. The molecule has 1 atom stereocenters. The van der Waals surface area contributed by atoms with E-state index in [2.05, 4.69) is 51.2 Å². The lowest BCUT2D eigenvalue weighted by atomic mass is 9.95. The third kappa shape index (κ3) is 4.81. The smallest absolute Gasteiger partial charge is 0.0322 e. The summed E-state index contributed by atoms with van der Waals surface area (Å²) in [6, 6.07) is 7.37. The molecule has 0 fully saturated rings. The Bertz CT molecular complexity index is 343. The molecular formula is C17H29N. The molecule has 18 heavy (non-hydrogen) atoms. The van der Waals surface area contributed by atoms with Crippen LogP contribution >= 0.6 is 0 Å². The van der Waals surface area contributed by atoms with Crippen LogP contribution in [0.15, 0.2) is 18.2 Å². The monoisotopic (exact) mass is 247 g/mol. The maximum atomic E-state index is 3.64. The number of benzene rings is 1. The number of hydrogen-bond donors (Lipinski definition) is 1. The minimum atomic E-state index is 0.535. The summed E-state index contributed by atoms with van der Waals surface area (Å²) in [7, 11) is 0. The van der Waals surface area contributed by atoms with Crippen molar-refractivity contribution in [1.82, 2.24) is 5.32 Å². The predicted molar refractivity (Wildman–Crippen MR) is 81.1 cm³/mol. The maximum Gasteiger partial charge on any atom is 0.0322 e. The van der Waals surface area contributed by atoms with E-state index in [0.717, 1.165) is 6.54 Å². The lowest BCUT2D eigenvalue weighted by Gasteiger charge is -2.20. The van der Waals surface area contributed by atoms with Crippen molar-refractivity contribution in [3.8, 4) is 0 Å². The Labute approximate surface area is 113 Å². The molecule has 1 aromatic rings. The molecule has 0 radical (unpaired) electrons. The number of rotatable bonds is 8. The Morgan fingerprint density at radius 2 is 1.83 bits per heavy atom. The van der Waals surface area contributed by atoms with Gasteiger partial charge in [-0.15, -0.1) is 0 Å². The number of nitrogens with one attached hydrogen (secondary N) is 1. The quantitative estimate of drug-likeness (QED) is 0.643. The highest BCUT2D eigenvalue weighted by molar-refractivity contribution is 5.32. The van der Waals surface area contributed by atoms with E-state index < -0.39 is 0 Å². The summed E-state index contributed by atoms with van der Waals surface area (Å²) < 4.78 is 0. The zero-order valence-corrected chi connectivity index (χ0v) is 12.6. The van der Waals surface area contributed by atoms with Crippen molar-refractivity contribution in [2.24, 2.45) is 0 Å². The molecule has 1 heteroatoms. The van der Waals surface area contributed by atoms with Gasteiger partial charge in [0.05, 0.1) is 0 Å². The van der Waals surface area contributed by atoms with Crippen LogP contribution in [0.4, 0.5) is 0 Å². The van der Waals surface area contributed by atoms with Crippen molar-refractivity contribution in [2.75, 3.05) is 6.54 Å². The Morgan fingerprint density at radius 3 is 2.44 bits per heavy atom. The van der Waals surface area contributed by atoms with E-state index in [4.69, 9.17) is 0 Å². The molecule has 0 bridgehead atoms. The average molecular weight is 247 g/mol. The van der Waals surface area contributed by atoms with Gasteiger partial charge in [0.25, 0.3) is 0 Å². The van der Waals surface area contributed by atoms with Gasteiger partial charge in [-0.25, -0.2) is 0 Å². The Morgan fingerprint density at radius 1 is 1.06 bits per heavy atom. The molecule has 0 aliphatic heterocycles. The van der Waals surface area contributed by atoms with E-state index in [-0.39, 0.29) is 0 Å². The fraction of sp³-hybridized carbons (Fsp3) is 0.647. The molecule has 0 saturated heterocycles. The van der Waals surface area contributed by atoms with E-state index in [1.165, 1.54) is 48.8 Å². The highest BCUT2D eigenvalue weighted by Gasteiger charge is 2.12. The molecular weight excluding hydrogens is 218 g/mol. The third-order valence-corrected chi connectivity index (χ3v) is 3.60. The van der Waals surface area contributed by atoms with E-state index in [1.807, 2.05) is 0 Å². The Balaban J connectivity index is 2.64. The van der Waals surface area contributed by atoms with Crippen molar-refractivity contribution in [2.45, 2.75) is 65.8 Å². The molecule has 1 aromatic carbocycles. The fourth-order valence-corrected chi connectivity index (χ4v) is 2.61. The van der Waals surface area contributed by atoms with Crippen molar-refractivity contribution in [1.29, 1.82) is 0 Å². The molecule has 0 amide bonds. The van der Waals surface area contributed by atoms with Crippen molar-refractivity contribution in [3.63, 3.8) is 0 Å². The standard InChI is InChI=1S/C17H29N/c1-5-7-8-9-10-17(18-6-2)16-12-11-14(3)13-15(16)4/h11-13,17-18H,5-10H2,1-4H3. The summed E-state index contributed by atoms with van der Waals surface area (Å²) in [5.41, 5.74) is 4.27. The van der Waals surface area contributed by atoms with Crippen LogP contribution in [0.25, 0.3) is 0 Å². The molecule has 0 aliphatic carbocycles. The van der Waals surface area contributed by atoms with Crippen LogP contribution in [0.5, 0.6) is 0 Å². The summed E-state index contributed by atoms with van der Waals surface area (Å²) in [6.45, 7) is 9.92. The van der Waals surface area contributed by atoms with Gasteiger partial charge in [-0.05, 0) is 37.9 Å². The minimum absolute atomic E-state index is 0.535. The van der Waals surface area contributed by atoms with Crippen molar-refractivity contribution in [3.05, 3.63) is 34.9 Å². The van der Waals surface area contributed by atoms with Crippen LogP contribution in [0.1, 0.15) is 68.7 Å². The van der Waals surface area contributed by atoms with Gasteiger partial charge < -0.3 is 5.32 Å². The predicted octanol–water partition coefficient (Wildman–Crippen LogP) is 4.92. The molecule has 0 saturated carbocycles. The first-order chi connectivity index (χ1) is 8.69. The maximum absolute atomic E-state index is 3.64. The highest BCUT2D eigenvalue weighted by atomic mass is 14.9. The van der Waals surface area contributed by atoms with Crippen LogP contribution in [0.3, 0.4) is 0 Å². The summed E-state index contributed by atoms with van der Waals surface area (Å²) in [6.07, 6.45) is 6.64. The normalized spacial score (nSPS) is 12.7. The summed E-state index contributed by atoms with van der Waals surface area (Å²) in [5, 5.41) is 3.64. The van der Waals surface area contributed by atoms with Crippen LogP contribution in [0.2, 0.25) is 0 Å². The van der Waals surface area contributed by atoms with Gasteiger partial charge in [-0.1, -0.05) is 63.3 Å².